The minimum absolute atomic E-state index is 0.556. The standard InChI is InChI=1S/C15H30N2O/c1-4-16-14-5-10-18-12-13(14)11-17-8-6-15(2,3)7-9-17/h13-14,16H,4-12H2,1-3H3. The van der Waals surface area contributed by atoms with E-state index in [1.54, 1.807) is 0 Å². The lowest BCUT2D eigenvalue weighted by molar-refractivity contribution is 0.00826. The van der Waals surface area contributed by atoms with Crippen molar-refractivity contribution >= 4 is 0 Å². The molecule has 0 aliphatic carbocycles. The molecule has 2 aliphatic rings. The van der Waals surface area contributed by atoms with Crippen LogP contribution in [0.15, 0.2) is 0 Å². The quantitative estimate of drug-likeness (QED) is 0.832. The Balaban J connectivity index is 1.80. The van der Waals surface area contributed by atoms with Gasteiger partial charge in [0.05, 0.1) is 6.61 Å². The highest BCUT2D eigenvalue weighted by Gasteiger charge is 2.30. The molecule has 2 heterocycles. The van der Waals surface area contributed by atoms with Gasteiger partial charge in [-0.15, -0.1) is 0 Å². The number of likely N-dealkylation sites (tertiary alicyclic amines) is 1. The lowest BCUT2D eigenvalue weighted by Gasteiger charge is -2.41. The van der Waals surface area contributed by atoms with Crippen LogP contribution in [0.4, 0.5) is 0 Å². The Kier molecular flexibility index (Phi) is 5.05. The molecule has 3 nitrogen and oxygen atoms in total. The number of nitrogens with zero attached hydrogens (tertiary/aromatic N) is 1. The van der Waals surface area contributed by atoms with Crippen LogP contribution in [0, 0.1) is 11.3 Å². The molecule has 1 N–H and O–H groups in total. The normalized spacial score (nSPS) is 33.5. The van der Waals surface area contributed by atoms with E-state index in [0.29, 0.717) is 17.4 Å². The highest BCUT2D eigenvalue weighted by atomic mass is 16.5. The summed E-state index contributed by atoms with van der Waals surface area (Å²) < 4.78 is 5.67. The van der Waals surface area contributed by atoms with Gasteiger partial charge in [0.1, 0.15) is 0 Å². The number of ether oxygens (including phenoxy) is 1. The van der Waals surface area contributed by atoms with Crippen LogP contribution >= 0.6 is 0 Å². The molecule has 0 bridgehead atoms. The van der Waals surface area contributed by atoms with Crippen LogP contribution in [0.1, 0.15) is 40.0 Å². The average molecular weight is 254 g/mol. The first-order valence-electron chi connectivity index (χ1n) is 7.64. The van der Waals surface area contributed by atoms with Crippen molar-refractivity contribution in [3.05, 3.63) is 0 Å². The molecule has 106 valence electrons. The molecule has 2 unspecified atom stereocenters. The van der Waals surface area contributed by atoms with Gasteiger partial charge in [-0.3, -0.25) is 0 Å². The van der Waals surface area contributed by atoms with Crippen molar-refractivity contribution in [2.45, 2.75) is 46.1 Å². The van der Waals surface area contributed by atoms with Crippen LogP contribution in [0.25, 0.3) is 0 Å². The maximum atomic E-state index is 5.67. The number of nitrogens with one attached hydrogen (secondary N) is 1. The molecule has 2 fully saturated rings. The van der Waals surface area contributed by atoms with E-state index >= 15 is 0 Å². The van der Waals surface area contributed by atoms with Gasteiger partial charge in [0.2, 0.25) is 0 Å². The monoisotopic (exact) mass is 254 g/mol. The van der Waals surface area contributed by atoms with Gasteiger partial charge in [-0.05, 0) is 44.3 Å². The lowest BCUT2D eigenvalue weighted by atomic mass is 9.82. The predicted octanol–water partition coefficient (Wildman–Crippen LogP) is 2.12. The summed E-state index contributed by atoms with van der Waals surface area (Å²) in [7, 11) is 0. The van der Waals surface area contributed by atoms with Crippen LogP contribution in [0.5, 0.6) is 0 Å². The third-order valence-corrected chi connectivity index (χ3v) is 4.64. The smallest absolute Gasteiger partial charge is 0.0521 e. The van der Waals surface area contributed by atoms with Gasteiger partial charge >= 0.3 is 0 Å². The van der Waals surface area contributed by atoms with Gasteiger partial charge in [-0.2, -0.15) is 0 Å². The number of piperidine rings is 1. The summed E-state index contributed by atoms with van der Waals surface area (Å²) in [6.07, 6.45) is 3.86. The molecule has 2 saturated heterocycles. The van der Waals surface area contributed by atoms with Crippen molar-refractivity contribution in [2.75, 3.05) is 39.4 Å². The van der Waals surface area contributed by atoms with E-state index in [4.69, 9.17) is 4.74 Å². The van der Waals surface area contributed by atoms with E-state index in [-0.39, 0.29) is 0 Å². The zero-order valence-corrected chi connectivity index (χ0v) is 12.4. The van der Waals surface area contributed by atoms with E-state index in [9.17, 15) is 0 Å². The SMILES string of the molecule is CCNC1CCOCC1CN1CCC(C)(C)CC1. The summed E-state index contributed by atoms with van der Waals surface area (Å²) in [5, 5.41) is 3.63. The van der Waals surface area contributed by atoms with E-state index in [2.05, 4.69) is 31.0 Å². The van der Waals surface area contributed by atoms with Crippen molar-refractivity contribution in [1.29, 1.82) is 0 Å². The molecule has 0 aromatic heterocycles. The molecular weight excluding hydrogens is 224 g/mol. The Bertz CT molecular complexity index is 243. The summed E-state index contributed by atoms with van der Waals surface area (Å²) in [5.74, 6) is 0.680. The van der Waals surface area contributed by atoms with Crippen molar-refractivity contribution < 1.29 is 4.74 Å². The van der Waals surface area contributed by atoms with E-state index in [1.807, 2.05) is 0 Å². The summed E-state index contributed by atoms with van der Waals surface area (Å²) in [5.41, 5.74) is 0.556. The summed E-state index contributed by atoms with van der Waals surface area (Å²) >= 11 is 0. The number of hydrogen-bond donors (Lipinski definition) is 1. The van der Waals surface area contributed by atoms with Gasteiger partial charge in [0.15, 0.2) is 0 Å². The molecule has 0 spiro atoms. The second-order valence-corrected chi connectivity index (χ2v) is 6.75. The Morgan fingerprint density at radius 3 is 2.67 bits per heavy atom. The molecule has 18 heavy (non-hydrogen) atoms. The van der Waals surface area contributed by atoms with Crippen LogP contribution < -0.4 is 5.32 Å². The molecule has 0 saturated carbocycles. The highest BCUT2D eigenvalue weighted by Crippen LogP contribution is 2.30. The topological polar surface area (TPSA) is 24.5 Å². The molecule has 2 rings (SSSR count). The van der Waals surface area contributed by atoms with Gasteiger partial charge in [0, 0.05) is 25.1 Å². The summed E-state index contributed by atoms with van der Waals surface area (Å²) in [6.45, 7) is 13.7. The largest absolute Gasteiger partial charge is 0.381 e. The minimum atomic E-state index is 0.556. The fourth-order valence-electron chi connectivity index (χ4n) is 3.18. The Morgan fingerprint density at radius 1 is 1.28 bits per heavy atom. The van der Waals surface area contributed by atoms with Crippen LogP contribution in [-0.2, 0) is 4.74 Å². The lowest BCUT2D eigenvalue weighted by Crippen LogP contribution is -2.49. The van der Waals surface area contributed by atoms with Crippen molar-refractivity contribution in [3.63, 3.8) is 0 Å². The molecule has 2 aliphatic heterocycles. The second kappa shape index (κ2) is 6.36. The van der Waals surface area contributed by atoms with E-state index in [1.165, 1.54) is 38.9 Å². The van der Waals surface area contributed by atoms with Crippen LogP contribution in [0.3, 0.4) is 0 Å². The first-order valence-corrected chi connectivity index (χ1v) is 7.64. The Labute approximate surface area is 112 Å². The zero-order valence-electron chi connectivity index (χ0n) is 12.4. The highest BCUT2D eigenvalue weighted by molar-refractivity contribution is 4.85. The number of rotatable bonds is 4. The number of hydrogen-bond acceptors (Lipinski definition) is 3. The first-order chi connectivity index (χ1) is 8.61. The molecule has 3 heteroatoms. The minimum Gasteiger partial charge on any atom is -0.381 e. The second-order valence-electron chi connectivity index (χ2n) is 6.75. The van der Waals surface area contributed by atoms with Gasteiger partial charge < -0.3 is 15.0 Å². The molecule has 0 aromatic carbocycles. The van der Waals surface area contributed by atoms with Gasteiger partial charge in [-0.1, -0.05) is 20.8 Å². The third-order valence-electron chi connectivity index (χ3n) is 4.64. The molecule has 2 atom stereocenters. The predicted molar refractivity (Wildman–Crippen MR) is 75.8 cm³/mol. The molecular formula is C15H30N2O. The zero-order chi connectivity index (χ0) is 13.0. The summed E-state index contributed by atoms with van der Waals surface area (Å²) in [6, 6.07) is 0.665. The third kappa shape index (κ3) is 3.94. The van der Waals surface area contributed by atoms with Gasteiger partial charge in [0.25, 0.3) is 0 Å². The van der Waals surface area contributed by atoms with Crippen LogP contribution in [0.2, 0.25) is 0 Å². The fraction of sp³-hybridized carbons (Fsp3) is 1.00. The van der Waals surface area contributed by atoms with Crippen molar-refractivity contribution in [2.24, 2.45) is 11.3 Å². The van der Waals surface area contributed by atoms with Gasteiger partial charge in [-0.25, -0.2) is 0 Å². The fourth-order valence-corrected chi connectivity index (χ4v) is 3.18. The van der Waals surface area contributed by atoms with E-state index < -0.39 is 0 Å². The maximum absolute atomic E-state index is 5.67. The summed E-state index contributed by atoms with van der Waals surface area (Å²) in [4.78, 5) is 2.65. The van der Waals surface area contributed by atoms with Crippen molar-refractivity contribution in [3.8, 4) is 0 Å². The molecule has 0 amide bonds. The van der Waals surface area contributed by atoms with E-state index in [0.717, 1.165) is 19.8 Å². The maximum Gasteiger partial charge on any atom is 0.0521 e. The van der Waals surface area contributed by atoms with Crippen molar-refractivity contribution in [1.82, 2.24) is 10.2 Å². The first kappa shape index (κ1) is 14.3. The average Bonchev–Trinajstić information content (AvgIpc) is 2.35. The molecule has 0 aromatic rings. The Hall–Kier alpha value is -0.120. The molecule has 0 radical (unpaired) electrons. The van der Waals surface area contributed by atoms with Crippen LogP contribution in [-0.4, -0.2) is 50.3 Å². The Morgan fingerprint density at radius 2 is 2.00 bits per heavy atom.